The molecule has 0 aliphatic heterocycles. The van der Waals surface area contributed by atoms with Crippen LogP contribution in [0.25, 0.3) is 75.5 Å². The molecule has 0 saturated heterocycles. The van der Waals surface area contributed by atoms with Gasteiger partial charge in [0, 0.05) is 30.9 Å². The first-order valence-corrected chi connectivity index (χ1v) is 14.1. The molecule has 0 aliphatic carbocycles. The Bertz CT molecular complexity index is 2300. The third-order valence-electron chi connectivity index (χ3n) is 7.73. The van der Waals surface area contributed by atoms with Crippen LogP contribution in [-0.2, 0) is 0 Å². The molecule has 0 spiro atoms. The summed E-state index contributed by atoms with van der Waals surface area (Å²) in [5, 5.41) is 14.5. The molecule has 0 amide bonds. The lowest BCUT2D eigenvalue weighted by atomic mass is 9.89. The molecule has 2 heterocycles. The molecule has 0 N–H and O–H groups in total. The van der Waals surface area contributed by atoms with Crippen molar-refractivity contribution in [3.8, 4) is 39.4 Å². The van der Waals surface area contributed by atoms with E-state index in [1.54, 1.807) is 0 Å². The zero-order valence-electron chi connectivity index (χ0n) is 21.4. The Kier molecular flexibility index (Phi) is 5.10. The fraction of sp³-hybridized carbons (Fsp3) is 0. The van der Waals surface area contributed by atoms with Crippen molar-refractivity contribution in [2.75, 3.05) is 0 Å². The van der Waals surface area contributed by atoms with Crippen LogP contribution >= 0.6 is 11.3 Å². The van der Waals surface area contributed by atoms with Gasteiger partial charge in [0.25, 0.3) is 0 Å². The van der Waals surface area contributed by atoms with E-state index in [0.29, 0.717) is 5.56 Å². The minimum Gasteiger partial charge on any atom is -0.456 e. The molecule has 0 unspecified atom stereocenters. The molecule has 0 aliphatic rings. The van der Waals surface area contributed by atoms with Gasteiger partial charge in [-0.2, -0.15) is 5.26 Å². The summed E-state index contributed by atoms with van der Waals surface area (Å²) >= 11 is 1.83. The second kappa shape index (κ2) is 8.95. The topological polar surface area (TPSA) is 36.9 Å². The van der Waals surface area contributed by atoms with Gasteiger partial charge in [0.2, 0.25) is 0 Å². The van der Waals surface area contributed by atoms with Crippen molar-refractivity contribution in [1.82, 2.24) is 0 Å². The summed E-state index contributed by atoms with van der Waals surface area (Å²) in [5.74, 6) is 0. The third kappa shape index (κ3) is 3.55. The summed E-state index contributed by atoms with van der Waals surface area (Å²) in [6, 6.07) is 46.7. The molecular formula is C37H21NOS. The number of hydrogen-bond donors (Lipinski definition) is 0. The van der Waals surface area contributed by atoms with Crippen molar-refractivity contribution in [1.29, 1.82) is 5.26 Å². The van der Waals surface area contributed by atoms with E-state index in [2.05, 4.69) is 97.1 Å². The minimum absolute atomic E-state index is 0.646. The van der Waals surface area contributed by atoms with Crippen LogP contribution in [0.1, 0.15) is 5.56 Å². The van der Waals surface area contributed by atoms with Gasteiger partial charge >= 0.3 is 0 Å². The van der Waals surface area contributed by atoms with Gasteiger partial charge in [0.15, 0.2) is 0 Å². The van der Waals surface area contributed by atoms with E-state index in [4.69, 9.17) is 4.42 Å². The molecule has 0 atom stereocenters. The first-order chi connectivity index (χ1) is 19.8. The maximum absolute atomic E-state index is 9.66. The lowest BCUT2D eigenvalue weighted by Crippen LogP contribution is -1.89. The number of thiophene rings is 1. The lowest BCUT2D eigenvalue weighted by molar-refractivity contribution is 0.669. The average Bonchev–Trinajstić information content (AvgIpc) is 3.59. The standard InChI is InChI=1S/C37H21NOS/c38-22-23-7-5-8-26(19-23)32-20-24(25-16-18-29-28-9-2-4-14-35(28)40-36(29)21-25)15-17-27(32)30-11-6-13-34-37(30)31-10-1-3-12-33(31)39-34/h1-21H. The zero-order chi connectivity index (χ0) is 26.6. The Labute approximate surface area is 235 Å². The zero-order valence-corrected chi connectivity index (χ0v) is 22.2. The molecule has 0 saturated carbocycles. The Morgan fingerprint density at radius 3 is 2.17 bits per heavy atom. The number of para-hydroxylation sites is 1. The van der Waals surface area contributed by atoms with Crippen molar-refractivity contribution >= 4 is 53.4 Å². The molecular weight excluding hydrogens is 506 g/mol. The fourth-order valence-electron chi connectivity index (χ4n) is 5.86. The highest BCUT2D eigenvalue weighted by atomic mass is 32.1. The lowest BCUT2D eigenvalue weighted by Gasteiger charge is -2.14. The molecule has 186 valence electrons. The molecule has 0 bridgehead atoms. The van der Waals surface area contributed by atoms with Crippen LogP contribution in [0.2, 0.25) is 0 Å². The van der Waals surface area contributed by atoms with Crippen LogP contribution in [0.5, 0.6) is 0 Å². The van der Waals surface area contributed by atoms with Crippen molar-refractivity contribution in [3.05, 3.63) is 133 Å². The van der Waals surface area contributed by atoms with Crippen molar-refractivity contribution in [2.24, 2.45) is 0 Å². The van der Waals surface area contributed by atoms with Gasteiger partial charge < -0.3 is 4.42 Å². The van der Waals surface area contributed by atoms with Crippen LogP contribution in [0.15, 0.2) is 132 Å². The number of furan rings is 1. The van der Waals surface area contributed by atoms with Crippen molar-refractivity contribution in [3.63, 3.8) is 0 Å². The fourth-order valence-corrected chi connectivity index (χ4v) is 7.00. The van der Waals surface area contributed by atoms with E-state index < -0.39 is 0 Å². The number of nitriles is 1. The van der Waals surface area contributed by atoms with Gasteiger partial charge in [0.05, 0.1) is 11.6 Å². The largest absolute Gasteiger partial charge is 0.456 e. The molecule has 2 nitrogen and oxygen atoms in total. The highest BCUT2D eigenvalue weighted by Crippen LogP contribution is 2.43. The maximum atomic E-state index is 9.66. The number of benzene rings is 6. The van der Waals surface area contributed by atoms with Crippen LogP contribution in [0.4, 0.5) is 0 Å². The summed E-state index contributed by atoms with van der Waals surface area (Å²) in [5.41, 5.74) is 9.05. The van der Waals surface area contributed by atoms with Gasteiger partial charge in [-0.3, -0.25) is 0 Å². The third-order valence-corrected chi connectivity index (χ3v) is 8.86. The first kappa shape index (κ1) is 22.8. The Morgan fingerprint density at radius 2 is 1.25 bits per heavy atom. The van der Waals surface area contributed by atoms with Gasteiger partial charge in [0.1, 0.15) is 11.2 Å². The molecule has 8 aromatic rings. The first-order valence-electron chi connectivity index (χ1n) is 13.2. The minimum atomic E-state index is 0.646. The predicted molar refractivity (Wildman–Crippen MR) is 168 cm³/mol. The summed E-state index contributed by atoms with van der Waals surface area (Å²) in [7, 11) is 0. The summed E-state index contributed by atoms with van der Waals surface area (Å²) in [4.78, 5) is 0. The van der Waals surface area contributed by atoms with Crippen molar-refractivity contribution in [2.45, 2.75) is 0 Å². The predicted octanol–water partition coefficient (Wildman–Crippen LogP) is 10.8. The molecule has 2 aromatic heterocycles. The summed E-state index contributed by atoms with van der Waals surface area (Å²) < 4.78 is 8.80. The van der Waals surface area contributed by atoms with E-state index in [9.17, 15) is 5.26 Å². The highest BCUT2D eigenvalue weighted by molar-refractivity contribution is 7.25. The SMILES string of the molecule is N#Cc1cccc(-c2cc(-c3ccc4c(c3)sc3ccccc34)ccc2-c2cccc3oc4ccccc4c23)c1. The normalized spacial score (nSPS) is 11.5. The molecule has 0 radical (unpaired) electrons. The highest BCUT2D eigenvalue weighted by Gasteiger charge is 2.17. The van der Waals surface area contributed by atoms with E-state index in [-0.39, 0.29) is 0 Å². The average molecular weight is 528 g/mol. The van der Waals surface area contributed by atoms with Crippen molar-refractivity contribution < 1.29 is 4.42 Å². The number of fused-ring (bicyclic) bond motifs is 6. The smallest absolute Gasteiger partial charge is 0.136 e. The number of hydrogen-bond acceptors (Lipinski definition) is 3. The van der Waals surface area contributed by atoms with Gasteiger partial charge in [-0.25, -0.2) is 0 Å². The number of nitrogens with zero attached hydrogens (tertiary/aromatic N) is 1. The molecule has 0 fully saturated rings. The van der Waals surface area contributed by atoms with Gasteiger partial charge in [-0.15, -0.1) is 11.3 Å². The summed E-state index contributed by atoms with van der Waals surface area (Å²) in [6.45, 7) is 0. The van der Waals surface area contributed by atoms with E-state index in [0.717, 1.165) is 49.8 Å². The Hall–Kier alpha value is -5.17. The van der Waals surface area contributed by atoms with Crippen LogP contribution < -0.4 is 0 Å². The second-order valence-electron chi connectivity index (χ2n) is 10.0. The summed E-state index contributed by atoms with van der Waals surface area (Å²) in [6.07, 6.45) is 0. The monoisotopic (exact) mass is 527 g/mol. The van der Waals surface area contributed by atoms with Gasteiger partial charge in [-0.05, 0) is 75.8 Å². The van der Waals surface area contributed by atoms with Crippen LogP contribution in [-0.4, -0.2) is 0 Å². The second-order valence-corrected chi connectivity index (χ2v) is 11.1. The van der Waals surface area contributed by atoms with Crippen LogP contribution in [0, 0.1) is 11.3 Å². The Balaban J connectivity index is 1.38. The van der Waals surface area contributed by atoms with E-state index in [1.807, 2.05) is 47.7 Å². The van der Waals surface area contributed by atoms with E-state index >= 15 is 0 Å². The molecule has 6 aromatic carbocycles. The van der Waals surface area contributed by atoms with Gasteiger partial charge in [-0.1, -0.05) is 84.9 Å². The number of rotatable bonds is 3. The maximum Gasteiger partial charge on any atom is 0.136 e. The molecule has 3 heteroatoms. The van der Waals surface area contributed by atoms with Crippen LogP contribution in [0.3, 0.4) is 0 Å². The van der Waals surface area contributed by atoms with E-state index in [1.165, 1.54) is 25.7 Å². The quantitative estimate of drug-likeness (QED) is 0.229. The Morgan fingerprint density at radius 1 is 0.500 bits per heavy atom. The molecule has 40 heavy (non-hydrogen) atoms. The molecule has 8 rings (SSSR count).